The standard InChI is InChI=1S/C35H30N2O5/c38-32(21-37-34(39)28-12-6-7-13-29(28)35(37)40)36(20-23-8-2-1-3-9-23)33-26(16-15-25-10-4-5-11-27(25)33)18-24-14-17-30-31(19-24)42-22-41-30/h1-14,17,19,26,33H,15-16,18,20-22H2. The second kappa shape index (κ2) is 10.8. The number of aryl methyl sites for hydroxylation is 1. The van der Waals surface area contributed by atoms with Gasteiger partial charge in [-0.3, -0.25) is 19.3 Å². The van der Waals surface area contributed by atoms with Crippen LogP contribution >= 0.6 is 0 Å². The summed E-state index contributed by atoms with van der Waals surface area (Å²) in [5.74, 6) is 0.476. The summed E-state index contributed by atoms with van der Waals surface area (Å²) < 4.78 is 11.2. The van der Waals surface area contributed by atoms with E-state index in [1.165, 1.54) is 5.56 Å². The molecule has 210 valence electrons. The number of fused-ring (bicyclic) bond motifs is 3. The van der Waals surface area contributed by atoms with Gasteiger partial charge < -0.3 is 14.4 Å². The third kappa shape index (κ3) is 4.71. The third-order valence-corrected chi connectivity index (χ3v) is 8.56. The highest BCUT2D eigenvalue weighted by Gasteiger charge is 2.41. The Hall–Kier alpha value is -4.91. The van der Waals surface area contributed by atoms with Crippen LogP contribution in [0.5, 0.6) is 11.5 Å². The molecular weight excluding hydrogens is 528 g/mol. The molecule has 0 bridgehead atoms. The van der Waals surface area contributed by atoms with E-state index in [0.717, 1.165) is 52.4 Å². The molecule has 7 rings (SSSR count). The third-order valence-electron chi connectivity index (χ3n) is 8.56. The first-order valence-electron chi connectivity index (χ1n) is 14.3. The molecule has 4 aromatic rings. The van der Waals surface area contributed by atoms with E-state index in [0.29, 0.717) is 17.7 Å². The van der Waals surface area contributed by atoms with Crippen LogP contribution in [-0.2, 0) is 24.2 Å². The summed E-state index contributed by atoms with van der Waals surface area (Å²) in [6, 6.07) is 30.7. The van der Waals surface area contributed by atoms with Crippen molar-refractivity contribution in [2.75, 3.05) is 13.3 Å². The van der Waals surface area contributed by atoms with E-state index in [1.807, 2.05) is 59.5 Å². The van der Waals surface area contributed by atoms with Gasteiger partial charge in [-0.1, -0.05) is 72.8 Å². The van der Waals surface area contributed by atoms with E-state index in [4.69, 9.17) is 9.47 Å². The first-order valence-corrected chi connectivity index (χ1v) is 14.3. The van der Waals surface area contributed by atoms with Crippen molar-refractivity contribution < 1.29 is 23.9 Å². The Morgan fingerprint density at radius 3 is 2.26 bits per heavy atom. The van der Waals surface area contributed by atoms with Gasteiger partial charge in [-0.2, -0.15) is 0 Å². The lowest BCUT2D eigenvalue weighted by Gasteiger charge is -2.42. The zero-order valence-corrected chi connectivity index (χ0v) is 23.1. The monoisotopic (exact) mass is 558 g/mol. The number of benzene rings is 4. The highest BCUT2D eigenvalue weighted by molar-refractivity contribution is 6.22. The molecule has 3 amide bonds. The maximum atomic E-state index is 14.3. The Labute approximate surface area is 244 Å². The number of rotatable bonds is 7. The fourth-order valence-electron chi connectivity index (χ4n) is 6.54. The lowest BCUT2D eigenvalue weighted by atomic mass is 9.76. The number of hydrogen-bond acceptors (Lipinski definition) is 5. The smallest absolute Gasteiger partial charge is 0.262 e. The topological polar surface area (TPSA) is 76.2 Å². The van der Waals surface area contributed by atoms with Crippen LogP contribution in [0.1, 0.15) is 55.4 Å². The van der Waals surface area contributed by atoms with Crippen LogP contribution in [0.15, 0.2) is 97.1 Å². The zero-order valence-electron chi connectivity index (χ0n) is 23.1. The van der Waals surface area contributed by atoms with Crippen LogP contribution in [0.4, 0.5) is 0 Å². The van der Waals surface area contributed by atoms with Crippen molar-refractivity contribution in [1.29, 1.82) is 0 Å². The zero-order chi connectivity index (χ0) is 28.6. The SMILES string of the molecule is O=C1c2ccccc2C(=O)N1CC(=O)N(Cc1ccccc1)C1c2ccccc2CCC1Cc1ccc2c(c1)OCO2. The number of carbonyl (C=O) groups excluding carboxylic acids is 3. The molecule has 7 heteroatoms. The predicted molar refractivity (Wildman–Crippen MR) is 156 cm³/mol. The Morgan fingerprint density at radius 2 is 1.48 bits per heavy atom. The second-order valence-electron chi connectivity index (χ2n) is 11.1. The summed E-state index contributed by atoms with van der Waals surface area (Å²) in [5.41, 5.74) is 5.11. The van der Waals surface area contributed by atoms with Crippen molar-refractivity contribution in [2.45, 2.75) is 31.8 Å². The summed E-state index contributed by atoms with van der Waals surface area (Å²) >= 11 is 0. The van der Waals surface area contributed by atoms with Gasteiger partial charge in [-0.05, 0) is 71.7 Å². The molecular formula is C35H30N2O5. The molecule has 3 aliphatic rings. The van der Waals surface area contributed by atoms with E-state index in [9.17, 15) is 14.4 Å². The lowest BCUT2D eigenvalue weighted by molar-refractivity contribution is -0.136. The highest BCUT2D eigenvalue weighted by Crippen LogP contribution is 2.42. The van der Waals surface area contributed by atoms with Gasteiger partial charge in [0.1, 0.15) is 6.54 Å². The number of nitrogens with zero attached hydrogens (tertiary/aromatic N) is 2. The fraction of sp³-hybridized carbons (Fsp3) is 0.229. The molecule has 4 aromatic carbocycles. The summed E-state index contributed by atoms with van der Waals surface area (Å²) in [7, 11) is 0. The van der Waals surface area contributed by atoms with E-state index in [-0.39, 0.29) is 31.2 Å². The molecule has 0 N–H and O–H groups in total. The van der Waals surface area contributed by atoms with Gasteiger partial charge in [-0.25, -0.2) is 0 Å². The van der Waals surface area contributed by atoms with Crippen molar-refractivity contribution in [3.63, 3.8) is 0 Å². The maximum absolute atomic E-state index is 14.3. The molecule has 0 aromatic heterocycles. The summed E-state index contributed by atoms with van der Waals surface area (Å²) in [6.45, 7) is 0.267. The molecule has 2 atom stereocenters. The van der Waals surface area contributed by atoms with E-state index >= 15 is 0 Å². The molecule has 0 spiro atoms. The molecule has 2 heterocycles. The Bertz CT molecular complexity index is 1650. The molecule has 0 radical (unpaired) electrons. The minimum absolute atomic E-state index is 0.107. The van der Waals surface area contributed by atoms with Crippen LogP contribution in [-0.4, -0.2) is 40.9 Å². The van der Waals surface area contributed by atoms with Gasteiger partial charge in [0, 0.05) is 6.54 Å². The first-order chi connectivity index (χ1) is 20.6. The van der Waals surface area contributed by atoms with Crippen molar-refractivity contribution in [3.05, 3.63) is 130 Å². The van der Waals surface area contributed by atoms with Crippen molar-refractivity contribution in [1.82, 2.24) is 9.80 Å². The number of hydrogen-bond donors (Lipinski definition) is 0. The van der Waals surface area contributed by atoms with Crippen LogP contribution in [0.2, 0.25) is 0 Å². The minimum atomic E-state index is -0.426. The van der Waals surface area contributed by atoms with Gasteiger partial charge in [0.2, 0.25) is 12.7 Å². The largest absolute Gasteiger partial charge is 0.454 e. The highest BCUT2D eigenvalue weighted by atomic mass is 16.7. The summed E-state index contributed by atoms with van der Waals surface area (Å²) in [6.07, 6.45) is 2.54. The number of ether oxygens (including phenoxy) is 2. The van der Waals surface area contributed by atoms with Crippen molar-refractivity contribution in [3.8, 4) is 11.5 Å². The molecule has 2 aliphatic heterocycles. The van der Waals surface area contributed by atoms with Gasteiger partial charge in [0.05, 0.1) is 17.2 Å². The van der Waals surface area contributed by atoms with E-state index in [1.54, 1.807) is 24.3 Å². The number of amides is 3. The molecule has 2 unspecified atom stereocenters. The quantitative estimate of drug-likeness (QED) is 0.277. The number of carbonyl (C=O) groups is 3. The molecule has 0 saturated heterocycles. The normalized spacial score (nSPS) is 18.5. The summed E-state index contributed by atoms with van der Waals surface area (Å²) in [5, 5.41) is 0. The maximum Gasteiger partial charge on any atom is 0.262 e. The van der Waals surface area contributed by atoms with Gasteiger partial charge >= 0.3 is 0 Å². The first kappa shape index (κ1) is 26.0. The fourth-order valence-corrected chi connectivity index (χ4v) is 6.54. The lowest BCUT2D eigenvalue weighted by Crippen LogP contribution is -2.46. The van der Waals surface area contributed by atoms with Gasteiger partial charge in [0.15, 0.2) is 11.5 Å². The number of imide groups is 1. The average molecular weight is 559 g/mol. The Morgan fingerprint density at radius 1 is 0.786 bits per heavy atom. The van der Waals surface area contributed by atoms with Gasteiger partial charge in [-0.15, -0.1) is 0 Å². The molecule has 0 fully saturated rings. The molecule has 42 heavy (non-hydrogen) atoms. The minimum Gasteiger partial charge on any atom is -0.454 e. The average Bonchev–Trinajstić information content (AvgIpc) is 3.59. The Balaban J connectivity index is 1.25. The van der Waals surface area contributed by atoms with Crippen LogP contribution in [0.3, 0.4) is 0 Å². The second-order valence-corrected chi connectivity index (χ2v) is 11.1. The molecule has 1 aliphatic carbocycles. The van der Waals surface area contributed by atoms with Crippen LogP contribution in [0.25, 0.3) is 0 Å². The summed E-state index contributed by atoms with van der Waals surface area (Å²) in [4.78, 5) is 43.7. The van der Waals surface area contributed by atoms with Crippen molar-refractivity contribution >= 4 is 17.7 Å². The molecule has 7 nitrogen and oxygen atoms in total. The van der Waals surface area contributed by atoms with Crippen LogP contribution in [0, 0.1) is 5.92 Å². The van der Waals surface area contributed by atoms with Crippen LogP contribution < -0.4 is 9.47 Å². The predicted octanol–water partition coefficient (Wildman–Crippen LogP) is 5.59. The van der Waals surface area contributed by atoms with E-state index < -0.39 is 11.8 Å². The Kier molecular flexibility index (Phi) is 6.70. The molecule has 0 saturated carbocycles. The van der Waals surface area contributed by atoms with Crippen molar-refractivity contribution in [2.24, 2.45) is 5.92 Å². The van der Waals surface area contributed by atoms with Gasteiger partial charge in [0.25, 0.3) is 11.8 Å². The van der Waals surface area contributed by atoms with E-state index in [2.05, 4.69) is 18.2 Å².